The first kappa shape index (κ1) is 25.3. The lowest BCUT2D eigenvalue weighted by atomic mass is 9.98. The highest BCUT2D eigenvalue weighted by Gasteiger charge is 2.66. The molecule has 0 aliphatic carbocycles. The van der Waals surface area contributed by atoms with Crippen molar-refractivity contribution in [3.63, 3.8) is 0 Å². The molecule has 0 unspecified atom stereocenters. The van der Waals surface area contributed by atoms with Crippen LogP contribution < -0.4 is 11.1 Å². The maximum Gasteiger partial charge on any atom is 0.352 e. The molecule has 14 nitrogen and oxygen atoms in total. The number of carbonyl (C=O) groups is 4. The smallest absolute Gasteiger partial charge is 0.352 e. The van der Waals surface area contributed by atoms with Crippen molar-refractivity contribution in [2.75, 3.05) is 30.1 Å². The van der Waals surface area contributed by atoms with E-state index in [9.17, 15) is 24.3 Å². The minimum atomic E-state index is -1.72. The van der Waals surface area contributed by atoms with Gasteiger partial charge in [0.05, 0.1) is 5.75 Å². The van der Waals surface area contributed by atoms with Gasteiger partial charge < -0.3 is 26.0 Å². The molecule has 1 saturated heterocycles. The molecule has 1 aromatic heterocycles. The number of methoxy groups -OCH3 is 1. The van der Waals surface area contributed by atoms with Gasteiger partial charge in [-0.2, -0.15) is 0 Å². The lowest BCUT2D eigenvalue weighted by molar-refractivity contribution is -0.192. The Labute approximate surface area is 200 Å². The number of tetrazole rings is 1. The number of nitrogens with two attached hydrogens (primary N) is 1. The lowest BCUT2D eigenvalue weighted by Gasteiger charge is -2.55. The molecule has 2 aliphatic rings. The van der Waals surface area contributed by atoms with Gasteiger partial charge in [-0.05, 0) is 16.0 Å². The number of thioether (sulfide) groups is 3. The zero-order valence-corrected chi connectivity index (χ0v) is 19.9. The van der Waals surface area contributed by atoms with Crippen molar-refractivity contribution in [3.05, 3.63) is 11.3 Å². The number of β-lactam (4-membered cyclic amide) rings is 1. The number of hydrogen-bond donors (Lipinski definition) is 4. The van der Waals surface area contributed by atoms with Crippen LogP contribution in [-0.4, -0.2) is 106 Å². The molecular formula is C16H21N7O7S3. The van der Waals surface area contributed by atoms with Gasteiger partial charge in [0.25, 0.3) is 11.6 Å². The van der Waals surface area contributed by atoms with Crippen LogP contribution in [0.4, 0.5) is 0 Å². The highest BCUT2D eigenvalue weighted by molar-refractivity contribution is 8.01. The summed E-state index contributed by atoms with van der Waals surface area (Å²) < 4.78 is 6.82. The van der Waals surface area contributed by atoms with E-state index in [2.05, 4.69) is 20.8 Å². The van der Waals surface area contributed by atoms with Crippen molar-refractivity contribution in [3.8, 4) is 0 Å². The van der Waals surface area contributed by atoms with Gasteiger partial charge in [0, 0.05) is 31.4 Å². The zero-order chi connectivity index (χ0) is 24.3. The third-order valence-corrected chi connectivity index (χ3v) is 8.30. The Morgan fingerprint density at radius 3 is 2.73 bits per heavy atom. The van der Waals surface area contributed by atoms with Gasteiger partial charge >= 0.3 is 11.9 Å². The maximum atomic E-state index is 13.0. The van der Waals surface area contributed by atoms with Gasteiger partial charge in [0.2, 0.25) is 11.1 Å². The average molecular weight is 520 g/mol. The molecule has 17 heteroatoms. The topological polar surface area (TPSA) is 203 Å². The number of aryl methyl sites for hydroxylation is 1. The number of nitrogens with zero attached hydrogens (tertiary/aromatic N) is 5. The number of aliphatic carboxylic acids is 2. The third kappa shape index (κ3) is 4.96. The Bertz CT molecular complexity index is 1000. The van der Waals surface area contributed by atoms with Crippen LogP contribution in [0.5, 0.6) is 0 Å². The molecule has 2 aliphatic heterocycles. The maximum absolute atomic E-state index is 13.0. The van der Waals surface area contributed by atoms with E-state index in [-0.39, 0.29) is 28.7 Å². The van der Waals surface area contributed by atoms with Gasteiger partial charge in [-0.15, -0.1) is 28.6 Å². The summed E-state index contributed by atoms with van der Waals surface area (Å²) in [5.74, 6) is -3.32. The number of carboxylic acid groups (broad SMARTS) is 2. The summed E-state index contributed by atoms with van der Waals surface area (Å²) in [5, 5.41) is 31.9. The molecule has 1 fully saturated rings. The molecule has 2 amide bonds. The fourth-order valence-electron chi connectivity index (χ4n) is 3.14. The number of amides is 2. The number of ether oxygens (including phenoxy) is 1. The molecule has 0 bridgehead atoms. The summed E-state index contributed by atoms with van der Waals surface area (Å²) in [5.41, 5.74) is 4.05. The quantitative estimate of drug-likeness (QED) is 0.144. The molecule has 0 radical (unpaired) electrons. The van der Waals surface area contributed by atoms with E-state index in [4.69, 9.17) is 15.6 Å². The number of carboxylic acids is 2. The predicted molar refractivity (Wildman–Crippen MR) is 118 cm³/mol. The minimum Gasteiger partial charge on any atom is -0.480 e. The lowest BCUT2D eigenvalue weighted by Crippen LogP contribution is -2.80. The van der Waals surface area contributed by atoms with Gasteiger partial charge in [-0.25, -0.2) is 9.48 Å². The van der Waals surface area contributed by atoms with E-state index in [0.717, 1.165) is 16.7 Å². The van der Waals surface area contributed by atoms with Gasteiger partial charge in [0.15, 0.2) is 0 Å². The summed E-state index contributed by atoms with van der Waals surface area (Å²) in [6.45, 7) is 0. The molecular weight excluding hydrogens is 498 g/mol. The zero-order valence-electron chi connectivity index (χ0n) is 17.5. The monoisotopic (exact) mass is 519 g/mol. The summed E-state index contributed by atoms with van der Waals surface area (Å²) in [6, 6.07) is -1.12. The molecule has 0 saturated carbocycles. The van der Waals surface area contributed by atoms with E-state index in [0.29, 0.717) is 10.7 Å². The van der Waals surface area contributed by atoms with Crippen molar-refractivity contribution in [1.82, 2.24) is 30.4 Å². The Balaban J connectivity index is 1.70. The first-order valence-corrected chi connectivity index (χ1v) is 12.5. The van der Waals surface area contributed by atoms with E-state index < -0.39 is 40.9 Å². The number of hydrogen-bond acceptors (Lipinski definition) is 12. The Kier molecular flexibility index (Phi) is 7.88. The molecule has 3 atom stereocenters. The van der Waals surface area contributed by atoms with Crippen molar-refractivity contribution in [2.24, 2.45) is 12.8 Å². The van der Waals surface area contributed by atoms with Crippen LogP contribution in [0.15, 0.2) is 16.4 Å². The number of carbonyl (C=O) groups excluding carboxylic acids is 2. The van der Waals surface area contributed by atoms with Crippen molar-refractivity contribution >= 4 is 59.0 Å². The Hall–Kier alpha value is -2.34. The van der Waals surface area contributed by atoms with Crippen molar-refractivity contribution in [1.29, 1.82) is 0 Å². The third-order valence-electron chi connectivity index (χ3n) is 4.76. The van der Waals surface area contributed by atoms with Crippen LogP contribution in [0.1, 0.15) is 0 Å². The molecule has 5 N–H and O–H groups in total. The standard InChI is InChI=1S/C16H21N7O7S3/c1-22-15(19-20-21-22)33-4-7-3-32-14-16(30-2,13(29)23(14)10(7)12(27)28)18-9(24)6-31-5-8(17)11(25)26/h8,14H,3-6,17H2,1-2H3,(H,18,24)(H,25,26)(H,27,28)/t8-,14-,16+/m0/s1. The van der Waals surface area contributed by atoms with Crippen LogP contribution in [0.25, 0.3) is 0 Å². The first-order valence-electron chi connectivity index (χ1n) is 9.30. The average Bonchev–Trinajstić information content (AvgIpc) is 3.19. The van der Waals surface area contributed by atoms with E-state index in [1.165, 1.54) is 35.3 Å². The van der Waals surface area contributed by atoms with Crippen LogP contribution in [0, 0.1) is 0 Å². The van der Waals surface area contributed by atoms with Crippen LogP contribution in [0.3, 0.4) is 0 Å². The van der Waals surface area contributed by atoms with Crippen LogP contribution >= 0.6 is 35.3 Å². The number of aromatic nitrogens is 4. The summed E-state index contributed by atoms with van der Waals surface area (Å²) in [7, 11) is 2.91. The predicted octanol–water partition coefficient (Wildman–Crippen LogP) is -1.84. The van der Waals surface area contributed by atoms with Gasteiger partial charge in [-0.1, -0.05) is 11.8 Å². The van der Waals surface area contributed by atoms with Crippen molar-refractivity contribution < 1.29 is 34.1 Å². The van der Waals surface area contributed by atoms with Gasteiger partial charge in [0.1, 0.15) is 17.1 Å². The fraction of sp³-hybridized carbons (Fsp3) is 0.562. The molecule has 3 heterocycles. The number of nitrogens with one attached hydrogen (secondary N) is 1. The second-order valence-corrected chi connectivity index (χ2v) is 9.96. The second-order valence-electron chi connectivity index (χ2n) is 6.92. The fourth-order valence-corrected chi connectivity index (χ4v) is 6.34. The van der Waals surface area contributed by atoms with E-state index >= 15 is 0 Å². The number of rotatable bonds is 11. The largest absolute Gasteiger partial charge is 0.480 e. The molecule has 1 aromatic rings. The van der Waals surface area contributed by atoms with Crippen LogP contribution in [0.2, 0.25) is 0 Å². The normalized spacial score (nSPS) is 23.1. The molecule has 0 aromatic carbocycles. The number of fused-ring (bicyclic) bond motifs is 1. The highest BCUT2D eigenvalue weighted by atomic mass is 32.2. The Morgan fingerprint density at radius 1 is 1.42 bits per heavy atom. The molecule has 3 rings (SSSR count). The second kappa shape index (κ2) is 10.3. The minimum absolute atomic E-state index is 0.00888. The summed E-state index contributed by atoms with van der Waals surface area (Å²) in [6.07, 6.45) is 0. The van der Waals surface area contributed by atoms with E-state index in [1.807, 2.05) is 0 Å². The molecule has 0 spiro atoms. The summed E-state index contributed by atoms with van der Waals surface area (Å²) >= 11 is 3.50. The van der Waals surface area contributed by atoms with E-state index in [1.54, 1.807) is 7.05 Å². The first-order chi connectivity index (χ1) is 15.6. The SMILES string of the molecule is CO[C@]1(NC(=O)CSC[C@H](N)C(=O)O)C(=O)N2C(C(=O)O)=C(CSc3nnnn3C)CS[C@H]21. The van der Waals surface area contributed by atoms with Crippen molar-refractivity contribution in [2.45, 2.75) is 22.3 Å². The van der Waals surface area contributed by atoms with Gasteiger partial charge in [-0.3, -0.25) is 19.3 Å². The molecule has 180 valence electrons. The summed E-state index contributed by atoms with van der Waals surface area (Å²) in [4.78, 5) is 49.3. The highest BCUT2D eigenvalue weighted by Crippen LogP contribution is 2.47. The van der Waals surface area contributed by atoms with Crippen LogP contribution in [-0.2, 0) is 31.0 Å². The Morgan fingerprint density at radius 2 is 2.15 bits per heavy atom. The molecule has 33 heavy (non-hydrogen) atoms.